The van der Waals surface area contributed by atoms with Gasteiger partial charge in [-0.15, -0.1) is 0 Å². The molecule has 3 N–H and O–H groups in total. The van der Waals surface area contributed by atoms with Crippen molar-refractivity contribution in [2.24, 2.45) is 5.73 Å². The van der Waals surface area contributed by atoms with Crippen LogP contribution in [-0.4, -0.2) is 29.9 Å². The van der Waals surface area contributed by atoms with Gasteiger partial charge in [0.1, 0.15) is 11.5 Å². The number of nitrogens with two attached hydrogens (primary N) is 1. The molecule has 1 unspecified atom stereocenters. The van der Waals surface area contributed by atoms with Gasteiger partial charge in [0.2, 0.25) is 5.91 Å². The predicted octanol–water partition coefficient (Wildman–Crippen LogP) is 0.140. The van der Waals surface area contributed by atoms with Crippen molar-refractivity contribution in [1.29, 1.82) is 0 Å². The number of urea groups is 1. The maximum Gasteiger partial charge on any atom is 0.324 e. The fourth-order valence-corrected chi connectivity index (χ4v) is 1.58. The maximum absolute atomic E-state index is 11.3. The molecule has 3 amide bonds. The quantitative estimate of drug-likeness (QED) is 0.713. The van der Waals surface area contributed by atoms with Gasteiger partial charge in [0.15, 0.2) is 0 Å². The lowest BCUT2D eigenvalue weighted by Gasteiger charge is -2.16. The first-order valence-corrected chi connectivity index (χ1v) is 4.98. The Labute approximate surface area is 92.4 Å². The number of imide groups is 1. The van der Waals surface area contributed by atoms with Crippen molar-refractivity contribution in [3.8, 4) is 0 Å². The van der Waals surface area contributed by atoms with Crippen molar-refractivity contribution in [1.82, 2.24) is 10.2 Å². The van der Waals surface area contributed by atoms with Gasteiger partial charge < -0.3 is 15.5 Å². The number of rotatable bonds is 3. The number of hydrogen-bond acceptors (Lipinski definition) is 4. The molecule has 6 nitrogen and oxygen atoms in total. The zero-order valence-corrected chi connectivity index (χ0v) is 8.90. The van der Waals surface area contributed by atoms with Crippen LogP contribution in [-0.2, 0) is 4.79 Å². The summed E-state index contributed by atoms with van der Waals surface area (Å²) >= 11 is 0. The minimum absolute atomic E-state index is 0.0444. The van der Waals surface area contributed by atoms with Gasteiger partial charge in [-0.05, 0) is 19.1 Å². The van der Waals surface area contributed by atoms with E-state index in [0.717, 1.165) is 10.7 Å². The average molecular weight is 223 g/mol. The molecule has 2 heterocycles. The highest BCUT2D eigenvalue weighted by atomic mass is 16.3. The first kappa shape index (κ1) is 10.7. The fraction of sp³-hybridized carbons (Fsp3) is 0.400. The van der Waals surface area contributed by atoms with E-state index in [1.807, 2.05) is 6.92 Å². The zero-order valence-electron chi connectivity index (χ0n) is 8.90. The van der Waals surface area contributed by atoms with E-state index in [1.165, 1.54) is 0 Å². The molecule has 6 heteroatoms. The third-order valence-electron chi connectivity index (χ3n) is 2.44. The van der Waals surface area contributed by atoms with Gasteiger partial charge in [-0.1, -0.05) is 0 Å². The van der Waals surface area contributed by atoms with Gasteiger partial charge in [-0.3, -0.25) is 9.69 Å². The first-order valence-electron chi connectivity index (χ1n) is 4.98. The van der Waals surface area contributed by atoms with Gasteiger partial charge in [-0.25, -0.2) is 4.79 Å². The third-order valence-corrected chi connectivity index (χ3v) is 2.44. The highest BCUT2D eigenvalue weighted by Crippen LogP contribution is 2.16. The summed E-state index contributed by atoms with van der Waals surface area (Å²) in [5, 5.41) is 2.43. The van der Waals surface area contributed by atoms with Crippen molar-refractivity contribution in [2.45, 2.75) is 13.0 Å². The summed E-state index contributed by atoms with van der Waals surface area (Å²) in [7, 11) is 0. The molecular weight excluding hydrogens is 210 g/mol. The van der Waals surface area contributed by atoms with Crippen LogP contribution in [0, 0.1) is 6.92 Å². The van der Waals surface area contributed by atoms with Crippen LogP contribution in [0.5, 0.6) is 0 Å². The van der Waals surface area contributed by atoms with Crippen LogP contribution < -0.4 is 11.1 Å². The van der Waals surface area contributed by atoms with Crippen LogP contribution in [0.1, 0.15) is 17.6 Å². The summed E-state index contributed by atoms with van der Waals surface area (Å²) in [4.78, 5) is 23.7. The number of carbonyl (C=O) groups is 2. The first-order chi connectivity index (χ1) is 7.58. The van der Waals surface area contributed by atoms with Crippen molar-refractivity contribution in [3.05, 3.63) is 23.7 Å². The molecule has 1 aliphatic rings. The molecule has 0 aromatic carbocycles. The van der Waals surface area contributed by atoms with Crippen LogP contribution in [0.4, 0.5) is 4.79 Å². The summed E-state index contributed by atoms with van der Waals surface area (Å²) < 4.78 is 5.33. The predicted molar refractivity (Wildman–Crippen MR) is 55.5 cm³/mol. The lowest BCUT2D eigenvalue weighted by atomic mass is 10.2. The normalized spacial score (nSPS) is 17.8. The Balaban J connectivity index is 2.04. The second-order valence-corrected chi connectivity index (χ2v) is 3.72. The van der Waals surface area contributed by atoms with E-state index in [0.29, 0.717) is 5.76 Å². The lowest BCUT2D eigenvalue weighted by Crippen LogP contribution is -2.37. The molecule has 2 rings (SSSR count). The zero-order chi connectivity index (χ0) is 11.7. The van der Waals surface area contributed by atoms with Crippen LogP contribution in [0.15, 0.2) is 16.5 Å². The topological polar surface area (TPSA) is 88.6 Å². The number of nitrogens with one attached hydrogen (secondary N) is 1. The van der Waals surface area contributed by atoms with Crippen LogP contribution in [0.2, 0.25) is 0 Å². The molecule has 1 aromatic heterocycles. The van der Waals surface area contributed by atoms with E-state index >= 15 is 0 Å². The SMILES string of the molecule is Cc1ccc(C(N)CN2C(=O)CNC2=O)o1. The fourth-order valence-electron chi connectivity index (χ4n) is 1.58. The summed E-state index contributed by atoms with van der Waals surface area (Å²) in [6.07, 6.45) is 0. The number of furan rings is 1. The number of carbonyl (C=O) groups excluding carboxylic acids is 2. The highest BCUT2D eigenvalue weighted by molar-refractivity contribution is 6.01. The van der Waals surface area contributed by atoms with Gasteiger partial charge in [0.25, 0.3) is 0 Å². The van der Waals surface area contributed by atoms with E-state index in [2.05, 4.69) is 5.32 Å². The smallest absolute Gasteiger partial charge is 0.324 e. The lowest BCUT2D eigenvalue weighted by molar-refractivity contribution is -0.125. The molecule has 1 saturated heterocycles. The van der Waals surface area contributed by atoms with Crippen molar-refractivity contribution < 1.29 is 14.0 Å². The van der Waals surface area contributed by atoms with Crippen molar-refractivity contribution in [2.75, 3.05) is 13.1 Å². The number of hydrogen-bond donors (Lipinski definition) is 2. The minimum atomic E-state index is -0.485. The van der Waals surface area contributed by atoms with E-state index in [9.17, 15) is 9.59 Å². The molecule has 1 aromatic rings. The van der Waals surface area contributed by atoms with Gasteiger partial charge in [-0.2, -0.15) is 0 Å². The van der Waals surface area contributed by atoms with Crippen LogP contribution in [0.3, 0.4) is 0 Å². The monoisotopic (exact) mass is 223 g/mol. The number of amides is 3. The van der Waals surface area contributed by atoms with Gasteiger partial charge >= 0.3 is 6.03 Å². The molecule has 0 bridgehead atoms. The largest absolute Gasteiger partial charge is 0.465 e. The van der Waals surface area contributed by atoms with Crippen molar-refractivity contribution in [3.63, 3.8) is 0 Å². The molecule has 0 saturated carbocycles. The van der Waals surface area contributed by atoms with Gasteiger partial charge in [0.05, 0.1) is 19.1 Å². The van der Waals surface area contributed by atoms with E-state index in [4.69, 9.17) is 10.2 Å². The molecular formula is C10H13N3O3. The molecule has 16 heavy (non-hydrogen) atoms. The molecule has 0 radical (unpaired) electrons. The Morgan fingerprint density at radius 3 is 2.81 bits per heavy atom. The second kappa shape index (κ2) is 3.97. The van der Waals surface area contributed by atoms with Gasteiger partial charge in [0, 0.05) is 0 Å². The molecule has 1 fully saturated rings. The molecule has 86 valence electrons. The van der Waals surface area contributed by atoms with E-state index < -0.39 is 12.1 Å². The Hall–Kier alpha value is -1.82. The molecule has 1 aliphatic heterocycles. The Bertz CT molecular complexity index is 411. The molecule has 0 aliphatic carbocycles. The summed E-state index contributed by atoms with van der Waals surface area (Å²) in [5.41, 5.74) is 5.84. The third kappa shape index (κ3) is 1.92. The number of aryl methyl sites for hydroxylation is 1. The highest BCUT2D eigenvalue weighted by Gasteiger charge is 2.30. The Kier molecular flexibility index (Phi) is 2.66. The summed E-state index contributed by atoms with van der Waals surface area (Å²) in [6.45, 7) is 1.99. The van der Waals surface area contributed by atoms with Crippen molar-refractivity contribution >= 4 is 11.9 Å². The van der Waals surface area contributed by atoms with E-state index in [1.54, 1.807) is 12.1 Å². The minimum Gasteiger partial charge on any atom is -0.465 e. The Morgan fingerprint density at radius 1 is 1.56 bits per heavy atom. The summed E-state index contributed by atoms with van der Waals surface area (Å²) in [5.74, 6) is 1.07. The summed E-state index contributed by atoms with van der Waals surface area (Å²) in [6, 6.07) is 2.66. The second-order valence-electron chi connectivity index (χ2n) is 3.72. The maximum atomic E-state index is 11.3. The van der Waals surface area contributed by atoms with E-state index in [-0.39, 0.29) is 19.0 Å². The average Bonchev–Trinajstić information content (AvgIpc) is 2.79. The standard InChI is InChI=1S/C10H13N3O3/c1-6-2-3-8(16-6)7(11)5-13-9(14)4-12-10(13)15/h2-3,7H,4-5,11H2,1H3,(H,12,15). The Morgan fingerprint density at radius 2 is 2.31 bits per heavy atom. The van der Waals surface area contributed by atoms with Crippen LogP contribution in [0.25, 0.3) is 0 Å². The molecule has 0 spiro atoms. The molecule has 1 atom stereocenters. The van der Waals surface area contributed by atoms with Crippen LogP contribution >= 0.6 is 0 Å². The number of nitrogens with zero attached hydrogens (tertiary/aromatic N) is 1.